The second-order valence-corrected chi connectivity index (χ2v) is 6.44. The zero-order valence-electron chi connectivity index (χ0n) is 11.8. The van der Waals surface area contributed by atoms with Crippen molar-refractivity contribution in [3.8, 4) is 11.3 Å². The Morgan fingerprint density at radius 1 is 1.35 bits per heavy atom. The van der Waals surface area contributed by atoms with Crippen LogP contribution in [0.15, 0.2) is 36.8 Å². The van der Waals surface area contributed by atoms with Gasteiger partial charge in [-0.1, -0.05) is 30.7 Å². The molecule has 1 aliphatic heterocycles. The molecule has 3 rings (SSSR count). The van der Waals surface area contributed by atoms with Crippen LogP contribution in [-0.2, 0) is 6.54 Å². The molecule has 1 atom stereocenters. The Kier molecular flexibility index (Phi) is 3.81. The molecule has 0 aliphatic carbocycles. The van der Waals surface area contributed by atoms with Crippen LogP contribution in [0, 0.1) is 5.41 Å². The van der Waals surface area contributed by atoms with Gasteiger partial charge in [0.1, 0.15) is 0 Å². The predicted molar refractivity (Wildman–Crippen MR) is 82.9 cm³/mol. The summed E-state index contributed by atoms with van der Waals surface area (Å²) in [5.41, 5.74) is 2.63. The first kappa shape index (κ1) is 13.7. The van der Waals surface area contributed by atoms with Gasteiger partial charge in [-0.15, -0.1) is 0 Å². The van der Waals surface area contributed by atoms with Gasteiger partial charge in [0.15, 0.2) is 0 Å². The lowest BCUT2D eigenvalue weighted by Gasteiger charge is -2.34. The van der Waals surface area contributed by atoms with E-state index < -0.39 is 0 Å². The van der Waals surface area contributed by atoms with Gasteiger partial charge in [0.25, 0.3) is 0 Å². The van der Waals surface area contributed by atoms with E-state index in [1.165, 1.54) is 18.4 Å². The van der Waals surface area contributed by atoms with E-state index in [1.54, 1.807) is 0 Å². The molecule has 0 amide bonds. The summed E-state index contributed by atoms with van der Waals surface area (Å²) >= 11 is 5.96. The molecule has 2 heterocycles. The van der Waals surface area contributed by atoms with Gasteiger partial charge in [-0.25, -0.2) is 4.98 Å². The topological polar surface area (TPSA) is 29.9 Å². The molecule has 0 spiro atoms. The summed E-state index contributed by atoms with van der Waals surface area (Å²) < 4.78 is 2.26. The molecule has 1 aromatic heterocycles. The number of nitrogens with one attached hydrogen (secondary N) is 1. The number of rotatable bonds is 3. The van der Waals surface area contributed by atoms with Crippen molar-refractivity contribution < 1.29 is 0 Å². The monoisotopic (exact) mass is 289 g/mol. The molecule has 1 N–H and O–H groups in total. The second-order valence-electron chi connectivity index (χ2n) is 6.00. The fraction of sp³-hybridized carbons (Fsp3) is 0.438. The van der Waals surface area contributed by atoms with Crippen LogP contribution >= 0.6 is 11.6 Å². The molecule has 20 heavy (non-hydrogen) atoms. The van der Waals surface area contributed by atoms with Crippen molar-refractivity contribution >= 4 is 11.6 Å². The summed E-state index contributed by atoms with van der Waals surface area (Å²) in [6, 6.07) is 7.96. The van der Waals surface area contributed by atoms with Crippen LogP contribution in [0.4, 0.5) is 0 Å². The third-order valence-electron chi connectivity index (χ3n) is 4.09. The Balaban J connectivity index is 1.84. The predicted octanol–water partition coefficient (Wildman–Crippen LogP) is 3.59. The minimum absolute atomic E-state index is 0.306. The van der Waals surface area contributed by atoms with E-state index in [0.717, 1.165) is 30.4 Å². The lowest BCUT2D eigenvalue weighted by molar-refractivity contribution is 0.202. The Labute approximate surface area is 125 Å². The summed E-state index contributed by atoms with van der Waals surface area (Å²) in [4.78, 5) is 4.33. The minimum atomic E-state index is 0.306. The van der Waals surface area contributed by atoms with E-state index in [1.807, 2.05) is 24.7 Å². The maximum atomic E-state index is 5.96. The molecule has 2 aromatic rings. The minimum Gasteiger partial charge on any atom is -0.330 e. The van der Waals surface area contributed by atoms with Gasteiger partial charge >= 0.3 is 0 Å². The average Bonchev–Trinajstić information content (AvgIpc) is 2.88. The van der Waals surface area contributed by atoms with Crippen LogP contribution in [0.2, 0.25) is 5.02 Å². The van der Waals surface area contributed by atoms with Crippen LogP contribution in [-0.4, -0.2) is 22.6 Å². The first-order valence-corrected chi connectivity index (χ1v) is 7.51. The van der Waals surface area contributed by atoms with E-state index in [2.05, 4.69) is 33.9 Å². The van der Waals surface area contributed by atoms with Crippen molar-refractivity contribution in [2.45, 2.75) is 26.3 Å². The standard InChI is InChI=1S/C16H20ClN3/c1-16(7-2-8-18-10-16)11-20-12-19-9-15(20)13-3-5-14(17)6-4-13/h3-6,9,12,18H,2,7-8,10-11H2,1H3. The lowest BCUT2D eigenvalue weighted by Crippen LogP contribution is -2.40. The molecule has 0 saturated carbocycles. The van der Waals surface area contributed by atoms with Crippen molar-refractivity contribution in [3.63, 3.8) is 0 Å². The van der Waals surface area contributed by atoms with Crippen molar-refractivity contribution in [2.24, 2.45) is 5.41 Å². The number of hydrogen-bond acceptors (Lipinski definition) is 2. The van der Waals surface area contributed by atoms with Crippen LogP contribution in [0.25, 0.3) is 11.3 Å². The third kappa shape index (κ3) is 2.89. The van der Waals surface area contributed by atoms with Crippen LogP contribution in [0.1, 0.15) is 19.8 Å². The SMILES string of the molecule is CC1(Cn2cncc2-c2ccc(Cl)cc2)CCCNC1. The van der Waals surface area contributed by atoms with E-state index in [4.69, 9.17) is 11.6 Å². The Bertz CT molecular complexity index is 568. The number of piperidine rings is 1. The highest BCUT2D eigenvalue weighted by molar-refractivity contribution is 6.30. The molecular formula is C16H20ClN3. The van der Waals surface area contributed by atoms with E-state index >= 15 is 0 Å². The first-order chi connectivity index (χ1) is 9.66. The van der Waals surface area contributed by atoms with Crippen molar-refractivity contribution in [1.82, 2.24) is 14.9 Å². The molecule has 3 nitrogen and oxygen atoms in total. The molecule has 0 radical (unpaired) electrons. The summed E-state index contributed by atoms with van der Waals surface area (Å²) in [5, 5.41) is 4.27. The lowest BCUT2D eigenvalue weighted by atomic mass is 9.82. The van der Waals surface area contributed by atoms with Gasteiger partial charge in [-0.05, 0) is 42.5 Å². The molecular weight excluding hydrogens is 270 g/mol. The van der Waals surface area contributed by atoms with Crippen molar-refractivity contribution in [1.29, 1.82) is 0 Å². The van der Waals surface area contributed by atoms with Crippen LogP contribution in [0.5, 0.6) is 0 Å². The summed E-state index contributed by atoms with van der Waals surface area (Å²) in [7, 11) is 0. The van der Waals surface area contributed by atoms with Gasteiger partial charge in [0.2, 0.25) is 0 Å². The van der Waals surface area contributed by atoms with Gasteiger partial charge in [-0.3, -0.25) is 0 Å². The zero-order chi connectivity index (χ0) is 14.0. The molecule has 1 unspecified atom stereocenters. The number of halogens is 1. The summed E-state index contributed by atoms with van der Waals surface area (Å²) in [5.74, 6) is 0. The fourth-order valence-electron chi connectivity index (χ4n) is 2.97. The van der Waals surface area contributed by atoms with Gasteiger partial charge < -0.3 is 9.88 Å². The van der Waals surface area contributed by atoms with Gasteiger partial charge in [0, 0.05) is 18.1 Å². The van der Waals surface area contributed by atoms with Gasteiger partial charge in [-0.2, -0.15) is 0 Å². The number of imidazole rings is 1. The number of nitrogens with zero attached hydrogens (tertiary/aromatic N) is 2. The first-order valence-electron chi connectivity index (χ1n) is 7.13. The third-order valence-corrected chi connectivity index (χ3v) is 4.34. The molecule has 106 valence electrons. The zero-order valence-corrected chi connectivity index (χ0v) is 12.5. The fourth-order valence-corrected chi connectivity index (χ4v) is 3.10. The number of aromatic nitrogens is 2. The smallest absolute Gasteiger partial charge is 0.0951 e. The summed E-state index contributed by atoms with van der Waals surface area (Å²) in [6.07, 6.45) is 6.38. The number of hydrogen-bond donors (Lipinski definition) is 1. The molecule has 4 heteroatoms. The normalized spacial score (nSPS) is 22.9. The Morgan fingerprint density at radius 2 is 2.15 bits per heavy atom. The van der Waals surface area contributed by atoms with Gasteiger partial charge in [0.05, 0.1) is 18.2 Å². The maximum absolute atomic E-state index is 5.96. The highest BCUT2D eigenvalue weighted by atomic mass is 35.5. The average molecular weight is 290 g/mol. The highest BCUT2D eigenvalue weighted by Crippen LogP contribution is 2.30. The Morgan fingerprint density at radius 3 is 2.85 bits per heavy atom. The quantitative estimate of drug-likeness (QED) is 0.936. The summed E-state index contributed by atoms with van der Waals surface area (Å²) in [6.45, 7) is 5.57. The maximum Gasteiger partial charge on any atom is 0.0951 e. The highest BCUT2D eigenvalue weighted by Gasteiger charge is 2.27. The molecule has 1 saturated heterocycles. The molecule has 1 fully saturated rings. The van der Waals surface area contributed by atoms with Crippen LogP contribution in [0.3, 0.4) is 0 Å². The van der Waals surface area contributed by atoms with E-state index in [0.29, 0.717) is 5.41 Å². The Hall–Kier alpha value is -1.32. The van der Waals surface area contributed by atoms with E-state index in [9.17, 15) is 0 Å². The van der Waals surface area contributed by atoms with Crippen molar-refractivity contribution in [3.05, 3.63) is 41.8 Å². The largest absolute Gasteiger partial charge is 0.330 e. The molecule has 0 bridgehead atoms. The van der Waals surface area contributed by atoms with E-state index in [-0.39, 0.29) is 0 Å². The van der Waals surface area contributed by atoms with Crippen molar-refractivity contribution in [2.75, 3.05) is 13.1 Å². The second kappa shape index (κ2) is 5.58. The molecule has 1 aliphatic rings. The van der Waals surface area contributed by atoms with Crippen LogP contribution < -0.4 is 5.32 Å². The number of benzene rings is 1. The molecule has 1 aromatic carbocycles.